The number of nitrogens with zero attached hydrogens (tertiary/aromatic N) is 2. The molecule has 2 amide bonds. The average Bonchev–Trinajstić information content (AvgIpc) is 3.25. The van der Waals surface area contributed by atoms with Gasteiger partial charge in [-0.2, -0.15) is 0 Å². The van der Waals surface area contributed by atoms with E-state index in [1.54, 1.807) is 0 Å². The summed E-state index contributed by atoms with van der Waals surface area (Å²) >= 11 is 0. The van der Waals surface area contributed by atoms with E-state index in [2.05, 4.69) is 5.32 Å². The van der Waals surface area contributed by atoms with E-state index in [1.165, 1.54) is 28.8 Å². The maximum absolute atomic E-state index is 13.9. The monoisotopic (exact) mass is 463 g/mol. The lowest BCUT2D eigenvalue weighted by Crippen LogP contribution is -2.56. The lowest BCUT2D eigenvalue weighted by atomic mass is 9.92. The molecule has 0 radical (unpaired) electrons. The molecule has 3 heterocycles. The van der Waals surface area contributed by atoms with Crippen molar-refractivity contribution < 1.29 is 33.0 Å². The van der Waals surface area contributed by atoms with Crippen LogP contribution in [-0.4, -0.2) is 66.4 Å². The predicted octanol–water partition coefficient (Wildman–Crippen LogP) is 0.980. The van der Waals surface area contributed by atoms with E-state index in [1.807, 2.05) is 0 Å². The number of aromatic hydroxyl groups is 1. The molecule has 176 valence electrons. The number of hydrogen-bond donors (Lipinski definition) is 2. The maximum Gasteiger partial charge on any atom is 0.274 e. The first kappa shape index (κ1) is 22.9. The van der Waals surface area contributed by atoms with Crippen LogP contribution >= 0.6 is 0 Å². The first-order valence-corrected chi connectivity index (χ1v) is 10.3. The fourth-order valence-electron chi connectivity index (χ4n) is 4.22. The van der Waals surface area contributed by atoms with E-state index in [0.717, 1.165) is 6.07 Å². The number of nitrogens with one attached hydrogen (secondary N) is 1. The molecule has 4 rings (SSSR count). The fraction of sp³-hybridized carbons (Fsp3) is 0.409. The summed E-state index contributed by atoms with van der Waals surface area (Å²) in [4.78, 5) is 40.1. The molecule has 2 N–H and O–H groups in total. The van der Waals surface area contributed by atoms with Gasteiger partial charge in [-0.1, -0.05) is 6.07 Å². The minimum absolute atomic E-state index is 0.0247. The lowest BCUT2D eigenvalue weighted by molar-refractivity contribution is 0.0424. The Morgan fingerprint density at radius 3 is 2.79 bits per heavy atom. The van der Waals surface area contributed by atoms with Gasteiger partial charge in [0.1, 0.15) is 17.2 Å². The number of fused-ring (bicyclic) bond motifs is 2. The minimum Gasteiger partial charge on any atom is -0.503 e. The molecule has 2 aliphatic rings. The average molecular weight is 463 g/mol. The Labute approximate surface area is 187 Å². The van der Waals surface area contributed by atoms with Crippen molar-refractivity contribution in [3.05, 3.63) is 63.1 Å². The van der Waals surface area contributed by atoms with Crippen LogP contribution in [0.4, 0.5) is 8.78 Å². The van der Waals surface area contributed by atoms with Crippen LogP contribution in [0, 0.1) is 11.6 Å². The number of pyridine rings is 1. The summed E-state index contributed by atoms with van der Waals surface area (Å²) in [6.45, 7) is 1.12. The molecule has 0 saturated carbocycles. The van der Waals surface area contributed by atoms with E-state index in [-0.39, 0.29) is 44.1 Å². The Morgan fingerprint density at radius 2 is 2.12 bits per heavy atom. The van der Waals surface area contributed by atoms with Crippen molar-refractivity contribution in [1.82, 2.24) is 14.8 Å². The van der Waals surface area contributed by atoms with E-state index >= 15 is 0 Å². The second-order valence-corrected chi connectivity index (χ2v) is 8.10. The Balaban J connectivity index is 1.69. The molecule has 1 aromatic carbocycles. The van der Waals surface area contributed by atoms with Gasteiger partial charge in [-0.05, 0) is 12.5 Å². The molecule has 2 aromatic rings. The number of ether oxygens (including phenoxy) is 2. The summed E-state index contributed by atoms with van der Waals surface area (Å²) in [7, 11) is 1.50. The standard InChI is InChI=1S/C22H23F2N3O6/c1-32-7-5-26-11-22(4-6-33-12-22)27-10-15(18(28)19(29)17(27)21(26)31)20(30)25-9-13-2-3-14(23)8-16(13)24/h2-3,8,10,29H,4-7,9,11-12H2,1H3,(H,25,30). The summed E-state index contributed by atoms with van der Waals surface area (Å²) in [6, 6.07) is 2.92. The molecule has 0 aliphatic carbocycles. The summed E-state index contributed by atoms with van der Waals surface area (Å²) in [5.41, 5.74) is -2.37. The first-order chi connectivity index (χ1) is 15.8. The molecule has 1 fully saturated rings. The predicted molar refractivity (Wildman–Crippen MR) is 111 cm³/mol. The quantitative estimate of drug-likeness (QED) is 0.661. The molecule has 9 nitrogen and oxygen atoms in total. The third-order valence-electron chi connectivity index (χ3n) is 6.02. The molecule has 1 saturated heterocycles. The first-order valence-electron chi connectivity index (χ1n) is 10.3. The minimum atomic E-state index is -1.02. The molecule has 33 heavy (non-hydrogen) atoms. The zero-order valence-corrected chi connectivity index (χ0v) is 17.9. The van der Waals surface area contributed by atoms with Gasteiger partial charge in [0.15, 0.2) is 11.4 Å². The number of carbonyl (C=O) groups is 2. The molecule has 1 aromatic heterocycles. The van der Waals surface area contributed by atoms with Gasteiger partial charge in [-0.3, -0.25) is 14.4 Å². The highest BCUT2D eigenvalue weighted by atomic mass is 19.1. The Bertz CT molecular complexity index is 1160. The topological polar surface area (TPSA) is 110 Å². The summed E-state index contributed by atoms with van der Waals surface area (Å²) in [5.74, 6) is -3.86. The van der Waals surface area contributed by atoms with Crippen molar-refractivity contribution in [1.29, 1.82) is 0 Å². The van der Waals surface area contributed by atoms with E-state index in [9.17, 15) is 28.3 Å². The molecular formula is C22H23F2N3O6. The van der Waals surface area contributed by atoms with Gasteiger partial charge in [0.2, 0.25) is 5.43 Å². The number of rotatable bonds is 6. The van der Waals surface area contributed by atoms with Crippen molar-refractivity contribution in [2.75, 3.05) is 40.0 Å². The fourth-order valence-corrected chi connectivity index (χ4v) is 4.22. The van der Waals surface area contributed by atoms with Crippen molar-refractivity contribution in [2.24, 2.45) is 0 Å². The van der Waals surface area contributed by atoms with Crippen molar-refractivity contribution in [3.8, 4) is 5.75 Å². The van der Waals surface area contributed by atoms with Gasteiger partial charge >= 0.3 is 0 Å². The second kappa shape index (κ2) is 8.91. The SMILES string of the molecule is COCCN1CC2(CCOC2)n2cc(C(=O)NCc3ccc(F)cc3F)c(=O)c(O)c2C1=O. The van der Waals surface area contributed by atoms with Crippen molar-refractivity contribution >= 4 is 11.8 Å². The van der Waals surface area contributed by atoms with Crippen LogP contribution < -0.4 is 10.7 Å². The Morgan fingerprint density at radius 1 is 1.33 bits per heavy atom. The zero-order valence-electron chi connectivity index (χ0n) is 17.9. The normalized spacial score (nSPS) is 19.7. The van der Waals surface area contributed by atoms with Crippen LogP contribution in [0.2, 0.25) is 0 Å². The number of benzene rings is 1. The number of methoxy groups -OCH3 is 1. The van der Waals surface area contributed by atoms with Crippen molar-refractivity contribution in [2.45, 2.75) is 18.5 Å². The third-order valence-corrected chi connectivity index (χ3v) is 6.02. The molecule has 1 atom stereocenters. The zero-order chi connectivity index (χ0) is 23.8. The number of halogens is 2. The van der Waals surface area contributed by atoms with Crippen LogP contribution in [0.25, 0.3) is 0 Å². The third kappa shape index (κ3) is 4.09. The second-order valence-electron chi connectivity index (χ2n) is 8.10. The highest BCUT2D eigenvalue weighted by molar-refractivity contribution is 5.99. The number of amides is 2. The molecule has 0 bridgehead atoms. The highest BCUT2D eigenvalue weighted by Crippen LogP contribution is 2.36. The van der Waals surface area contributed by atoms with Crippen LogP contribution in [-0.2, 0) is 21.6 Å². The van der Waals surface area contributed by atoms with Gasteiger partial charge in [0.05, 0.1) is 18.8 Å². The number of aromatic nitrogens is 1. The lowest BCUT2D eigenvalue weighted by Gasteiger charge is -2.42. The van der Waals surface area contributed by atoms with Gasteiger partial charge < -0.3 is 29.4 Å². The van der Waals surface area contributed by atoms with E-state index in [0.29, 0.717) is 19.1 Å². The van der Waals surface area contributed by atoms with Crippen LogP contribution in [0.15, 0.2) is 29.2 Å². The highest BCUT2D eigenvalue weighted by Gasteiger charge is 2.47. The summed E-state index contributed by atoms with van der Waals surface area (Å²) < 4.78 is 39.0. The van der Waals surface area contributed by atoms with E-state index in [4.69, 9.17) is 9.47 Å². The van der Waals surface area contributed by atoms with Gasteiger partial charge in [-0.15, -0.1) is 0 Å². The Kier molecular flexibility index (Phi) is 6.17. The van der Waals surface area contributed by atoms with Crippen molar-refractivity contribution in [3.63, 3.8) is 0 Å². The Hall–Kier alpha value is -3.31. The number of hydrogen-bond acceptors (Lipinski definition) is 6. The van der Waals surface area contributed by atoms with Crippen LogP contribution in [0.3, 0.4) is 0 Å². The molecular weight excluding hydrogens is 440 g/mol. The largest absolute Gasteiger partial charge is 0.503 e. The van der Waals surface area contributed by atoms with Gasteiger partial charge in [0.25, 0.3) is 11.8 Å². The van der Waals surface area contributed by atoms with Crippen LogP contribution in [0.5, 0.6) is 5.75 Å². The summed E-state index contributed by atoms with van der Waals surface area (Å²) in [5, 5.41) is 13.1. The van der Waals surface area contributed by atoms with Gasteiger partial charge in [0, 0.05) is 51.2 Å². The smallest absolute Gasteiger partial charge is 0.274 e. The molecule has 1 spiro atoms. The summed E-state index contributed by atoms with van der Waals surface area (Å²) in [6.07, 6.45) is 1.74. The molecule has 1 unspecified atom stereocenters. The molecule has 2 aliphatic heterocycles. The number of carbonyl (C=O) groups excluding carboxylic acids is 2. The van der Waals surface area contributed by atoms with E-state index < -0.39 is 45.7 Å². The maximum atomic E-state index is 13.9. The molecule has 11 heteroatoms. The van der Waals surface area contributed by atoms with Gasteiger partial charge in [-0.25, -0.2) is 8.78 Å². The van der Waals surface area contributed by atoms with Crippen LogP contribution in [0.1, 0.15) is 32.8 Å².